The maximum Gasteiger partial charge on any atom is 0.416 e. The van der Waals surface area contributed by atoms with E-state index in [0.717, 1.165) is 12.1 Å². The normalized spacial score (nSPS) is 18.0. The standard InChI is InChI=1S/C14H16BrF3N2O2/c15-10-5-9(14(16,17)18)6-11(7-10)20-13(21)12(19)8-1-3-22-4-2-8/h5-8,12H,1-4,19H2,(H,20,21). The SMILES string of the molecule is NC(C(=O)Nc1cc(Br)cc(C(F)(F)F)c1)C1CCOCC1. The highest BCUT2D eigenvalue weighted by molar-refractivity contribution is 9.10. The first-order valence-corrected chi connectivity index (χ1v) is 7.58. The third-order valence-corrected chi connectivity index (χ3v) is 4.03. The number of amides is 1. The maximum atomic E-state index is 12.8. The summed E-state index contributed by atoms with van der Waals surface area (Å²) in [7, 11) is 0. The fourth-order valence-electron chi connectivity index (χ4n) is 2.34. The Bertz CT molecular complexity index is 545. The Labute approximate surface area is 134 Å². The first kappa shape index (κ1) is 17.2. The molecule has 8 heteroatoms. The number of anilines is 1. The highest BCUT2D eigenvalue weighted by Crippen LogP contribution is 2.33. The number of alkyl halides is 3. The van der Waals surface area contributed by atoms with Crippen molar-refractivity contribution in [2.45, 2.75) is 25.1 Å². The number of ether oxygens (including phenoxy) is 1. The summed E-state index contributed by atoms with van der Waals surface area (Å²) in [5, 5.41) is 2.46. The number of nitrogens with one attached hydrogen (secondary N) is 1. The zero-order valence-electron chi connectivity index (χ0n) is 11.6. The monoisotopic (exact) mass is 380 g/mol. The second kappa shape index (κ2) is 6.97. The van der Waals surface area contributed by atoms with Gasteiger partial charge in [0, 0.05) is 23.4 Å². The van der Waals surface area contributed by atoms with Crippen LogP contribution in [0.5, 0.6) is 0 Å². The van der Waals surface area contributed by atoms with Crippen molar-refractivity contribution < 1.29 is 22.7 Å². The second-order valence-corrected chi connectivity index (χ2v) is 6.11. The summed E-state index contributed by atoms with van der Waals surface area (Å²) in [5.74, 6) is -0.513. The molecule has 2 rings (SSSR count). The van der Waals surface area contributed by atoms with E-state index in [1.165, 1.54) is 6.07 Å². The van der Waals surface area contributed by atoms with Gasteiger partial charge in [-0.05, 0) is 37.0 Å². The number of rotatable bonds is 3. The molecule has 0 spiro atoms. The Hall–Kier alpha value is -1.12. The summed E-state index contributed by atoms with van der Waals surface area (Å²) in [4.78, 5) is 12.1. The second-order valence-electron chi connectivity index (χ2n) is 5.19. The average molecular weight is 381 g/mol. The largest absolute Gasteiger partial charge is 0.416 e. The van der Waals surface area contributed by atoms with Gasteiger partial charge >= 0.3 is 6.18 Å². The summed E-state index contributed by atoms with van der Waals surface area (Å²) >= 11 is 3.01. The Morgan fingerprint density at radius 3 is 2.55 bits per heavy atom. The van der Waals surface area contributed by atoms with Gasteiger partial charge in [0.25, 0.3) is 0 Å². The van der Waals surface area contributed by atoms with Gasteiger partial charge in [-0.2, -0.15) is 13.2 Å². The lowest BCUT2D eigenvalue weighted by molar-refractivity contribution is -0.137. The Morgan fingerprint density at radius 2 is 1.95 bits per heavy atom. The van der Waals surface area contributed by atoms with E-state index in [2.05, 4.69) is 21.2 Å². The van der Waals surface area contributed by atoms with E-state index in [-0.39, 0.29) is 16.1 Å². The van der Waals surface area contributed by atoms with Crippen molar-refractivity contribution in [3.63, 3.8) is 0 Å². The molecule has 22 heavy (non-hydrogen) atoms. The summed E-state index contributed by atoms with van der Waals surface area (Å²) in [6.45, 7) is 1.08. The van der Waals surface area contributed by atoms with Gasteiger partial charge < -0.3 is 15.8 Å². The molecule has 0 aromatic heterocycles. The predicted molar refractivity (Wildman–Crippen MR) is 79.3 cm³/mol. The minimum absolute atomic E-state index is 0.0250. The highest BCUT2D eigenvalue weighted by Gasteiger charge is 2.32. The lowest BCUT2D eigenvalue weighted by Crippen LogP contribution is -2.44. The van der Waals surface area contributed by atoms with Crippen molar-refractivity contribution in [3.05, 3.63) is 28.2 Å². The molecule has 0 aliphatic carbocycles. The van der Waals surface area contributed by atoms with Crippen LogP contribution in [0.2, 0.25) is 0 Å². The molecule has 0 saturated carbocycles. The third-order valence-electron chi connectivity index (χ3n) is 3.57. The summed E-state index contributed by atoms with van der Waals surface area (Å²) < 4.78 is 43.7. The molecule has 1 amide bonds. The molecule has 3 N–H and O–H groups in total. The molecule has 1 saturated heterocycles. The van der Waals surface area contributed by atoms with Gasteiger partial charge in [0.05, 0.1) is 11.6 Å². The number of nitrogens with two attached hydrogens (primary N) is 1. The molecule has 1 aromatic rings. The molecule has 1 heterocycles. The van der Waals surface area contributed by atoms with Crippen LogP contribution in [-0.2, 0) is 15.7 Å². The number of benzene rings is 1. The van der Waals surface area contributed by atoms with E-state index < -0.39 is 23.7 Å². The molecule has 1 fully saturated rings. The summed E-state index contributed by atoms with van der Waals surface area (Å²) in [6.07, 6.45) is -3.15. The molecule has 122 valence electrons. The van der Waals surface area contributed by atoms with Gasteiger partial charge in [0.15, 0.2) is 0 Å². The quantitative estimate of drug-likeness (QED) is 0.846. The van der Waals surface area contributed by atoms with Gasteiger partial charge in [-0.1, -0.05) is 15.9 Å². The van der Waals surface area contributed by atoms with Gasteiger partial charge in [-0.15, -0.1) is 0 Å². The van der Waals surface area contributed by atoms with Crippen molar-refractivity contribution in [2.75, 3.05) is 18.5 Å². The predicted octanol–water partition coefficient (Wildman–Crippen LogP) is 3.16. The van der Waals surface area contributed by atoms with E-state index in [0.29, 0.717) is 26.1 Å². The maximum absolute atomic E-state index is 12.8. The van der Waals surface area contributed by atoms with Crippen LogP contribution in [0, 0.1) is 5.92 Å². The van der Waals surface area contributed by atoms with Gasteiger partial charge in [-0.25, -0.2) is 0 Å². The van der Waals surface area contributed by atoms with Crippen molar-refractivity contribution in [1.82, 2.24) is 0 Å². The first-order valence-electron chi connectivity index (χ1n) is 6.79. The van der Waals surface area contributed by atoms with Gasteiger partial charge in [0.2, 0.25) is 5.91 Å². The van der Waals surface area contributed by atoms with Crippen LogP contribution in [0.3, 0.4) is 0 Å². The molecule has 1 aromatic carbocycles. The van der Waals surface area contributed by atoms with Crippen molar-refractivity contribution in [3.8, 4) is 0 Å². The van der Waals surface area contributed by atoms with Crippen LogP contribution in [-0.4, -0.2) is 25.2 Å². The topological polar surface area (TPSA) is 64.4 Å². The summed E-state index contributed by atoms with van der Waals surface area (Å²) in [6, 6.07) is 2.48. The van der Waals surface area contributed by atoms with Crippen molar-refractivity contribution in [2.24, 2.45) is 11.7 Å². The fourth-order valence-corrected chi connectivity index (χ4v) is 2.83. The lowest BCUT2D eigenvalue weighted by atomic mass is 9.92. The van der Waals surface area contributed by atoms with Crippen LogP contribution < -0.4 is 11.1 Å². The molecule has 1 atom stereocenters. The van der Waals surface area contributed by atoms with Crippen LogP contribution in [0.15, 0.2) is 22.7 Å². The molecule has 0 bridgehead atoms. The highest BCUT2D eigenvalue weighted by atomic mass is 79.9. The molecule has 1 unspecified atom stereocenters. The van der Waals surface area contributed by atoms with Crippen LogP contribution in [0.1, 0.15) is 18.4 Å². The average Bonchev–Trinajstić information content (AvgIpc) is 2.45. The smallest absolute Gasteiger partial charge is 0.381 e. The number of hydrogen-bond acceptors (Lipinski definition) is 3. The van der Waals surface area contributed by atoms with E-state index in [1.54, 1.807) is 0 Å². The third kappa shape index (κ3) is 4.44. The minimum Gasteiger partial charge on any atom is -0.381 e. The molecular weight excluding hydrogens is 365 g/mol. The van der Waals surface area contributed by atoms with Crippen LogP contribution in [0.4, 0.5) is 18.9 Å². The molecule has 1 aliphatic heterocycles. The number of carbonyl (C=O) groups is 1. The number of hydrogen-bond donors (Lipinski definition) is 2. The Kier molecular flexibility index (Phi) is 5.46. The Balaban J connectivity index is 2.09. The zero-order chi connectivity index (χ0) is 16.3. The van der Waals surface area contributed by atoms with Crippen molar-refractivity contribution in [1.29, 1.82) is 0 Å². The first-order chi connectivity index (χ1) is 10.3. The molecule has 4 nitrogen and oxygen atoms in total. The number of halogens is 4. The molecule has 0 radical (unpaired) electrons. The van der Waals surface area contributed by atoms with E-state index >= 15 is 0 Å². The van der Waals surface area contributed by atoms with Gasteiger partial charge in [0.1, 0.15) is 0 Å². The van der Waals surface area contributed by atoms with E-state index in [9.17, 15) is 18.0 Å². The molecule has 1 aliphatic rings. The zero-order valence-corrected chi connectivity index (χ0v) is 13.2. The minimum atomic E-state index is -4.48. The lowest BCUT2D eigenvalue weighted by Gasteiger charge is -2.26. The molecular formula is C14H16BrF3N2O2. The Morgan fingerprint density at radius 1 is 1.32 bits per heavy atom. The summed E-state index contributed by atoms with van der Waals surface area (Å²) in [5.41, 5.74) is 5.13. The van der Waals surface area contributed by atoms with Gasteiger partial charge in [-0.3, -0.25) is 4.79 Å². The van der Waals surface area contributed by atoms with E-state index in [4.69, 9.17) is 10.5 Å². The van der Waals surface area contributed by atoms with Crippen molar-refractivity contribution >= 4 is 27.5 Å². The van der Waals surface area contributed by atoms with Crippen LogP contribution >= 0.6 is 15.9 Å². The fraction of sp³-hybridized carbons (Fsp3) is 0.500. The number of carbonyl (C=O) groups excluding carboxylic acids is 1. The van der Waals surface area contributed by atoms with Crippen LogP contribution in [0.25, 0.3) is 0 Å². The van der Waals surface area contributed by atoms with E-state index in [1.807, 2.05) is 0 Å².